The summed E-state index contributed by atoms with van der Waals surface area (Å²) in [6, 6.07) is 13.6. The molecule has 0 bridgehead atoms. The summed E-state index contributed by atoms with van der Waals surface area (Å²) in [6.45, 7) is 2.65. The average Bonchev–Trinajstić information content (AvgIpc) is 3.17. The molecule has 2 aliphatic rings. The third-order valence-electron chi connectivity index (χ3n) is 6.62. The second kappa shape index (κ2) is 10.8. The van der Waals surface area contributed by atoms with Gasteiger partial charge in [-0.1, -0.05) is 24.6 Å². The number of hydrogen-bond acceptors (Lipinski definition) is 4. The molecule has 34 heavy (non-hydrogen) atoms. The number of anilines is 2. The predicted molar refractivity (Wildman–Crippen MR) is 129 cm³/mol. The molecule has 8 heteroatoms. The van der Waals surface area contributed by atoms with Crippen LogP contribution in [0.3, 0.4) is 0 Å². The maximum atomic E-state index is 14.3. The lowest BCUT2D eigenvalue weighted by Gasteiger charge is -2.37. The Morgan fingerprint density at radius 1 is 0.971 bits per heavy atom. The number of rotatable bonds is 6. The van der Waals surface area contributed by atoms with E-state index in [-0.39, 0.29) is 48.7 Å². The molecule has 2 heterocycles. The van der Waals surface area contributed by atoms with Crippen molar-refractivity contribution in [3.63, 3.8) is 0 Å². The quantitative estimate of drug-likeness (QED) is 0.679. The Balaban J connectivity index is 1.42. The van der Waals surface area contributed by atoms with Gasteiger partial charge >= 0.3 is 0 Å². The van der Waals surface area contributed by atoms with Crippen LogP contribution in [0.25, 0.3) is 0 Å². The fraction of sp³-hybridized carbons (Fsp3) is 0.423. The summed E-state index contributed by atoms with van der Waals surface area (Å²) in [5.41, 5.74) is 1.85. The van der Waals surface area contributed by atoms with Crippen molar-refractivity contribution < 1.29 is 18.8 Å². The first-order valence-electron chi connectivity index (χ1n) is 11.8. The Kier molecular flexibility index (Phi) is 7.57. The van der Waals surface area contributed by atoms with Gasteiger partial charge in [-0.3, -0.25) is 19.3 Å². The molecule has 0 saturated carbocycles. The molecule has 0 radical (unpaired) electrons. The van der Waals surface area contributed by atoms with E-state index in [9.17, 15) is 18.8 Å². The minimum Gasteiger partial charge on any atom is -0.334 e. The van der Waals surface area contributed by atoms with E-state index in [0.717, 1.165) is 25.7 Å². The molecule has 0 spiro atoms. The Hall–Kier alpha value is -3.26. The predicted octanol–water partition coefficient (Wildman–Crippen LogP) is 3.77. The zero-order chi connectivity index (χ0) is 24.1. The first-order chi connectivity index (χ1) is 16.4. The van der Waals surface area contributed by atoms with Crippen LogP contribution >= 0.6 is 0 Å². The van der Waals surface area contributed by atoms with Crippen LogP contribution in [-0.2, 0) is 20.9 Å². The standard InChI is InChI=1S/C26H31FN4O3/c1-18(32)28-20-10-12-21(13-11-20)29-25(33)17-30-15-14-24-23(30)8-4-5-9-26(34)31(24)16-19-6-2-3-7-22(19)27/h2-3,6-7,10-13,23-24H,4-5,8-9,14-17H2,1H3,(H,28,32)(H,29,33)/t23-,24+/m1/s1. The molecule has 180 valence electrons. The summed E-state index contributed by atoms with van der Waals surface area (Å²) in [6.07, 6.45) is 3.89. The molecule has 7 nitrogen and oxygen atoms in total. The third kappa shape index (κ3) is 5.80. The lowest BCUT2D eigenvalue weighted by atomic mass is 9.96. The molecule has 2 fully saturated rings. The molecule has 2 aliphatic heterocycles. The van der Waals surface area contributed by atoms with Crippen LogP contribution in [0, 0.1) is 5.82 Å². The van der Waals surface area contributed by atoms with Gasteiger partial charge in [0.1, 0.15) is 5.82 Å². The molecule has 4 rings (SSSR count). The van der Waals surface area contributed by atoms with E-state index < -0.39 is 0 Å². The van der Waals surface area contributed by atoms with Crippen molar-refractivity contribution in [2.45, 2.75) is 57.7 Å². The molecule has 0 aromatic heterocycles. The van der Waals surface area contributed by atoms with Crippen molar-refractivity contribution >= 4 is 29.1 Å². The smallest absolute Gasteiger partial charge is 0.238 e. The van der Waals surface area contributed by atoms with Crippen LogP contribution in [-0.4, -0.2) is 52.7 Å². The van der Waals surface area contributed by atoms with Gasteiger partial charge in [0.25, 0.3) is 0 Å². The highest BCUT2D eigenvalue weighted by molar-refractivity contribution is 5.93. The second-order valence-electron chi connectivity index (χ2n) is 9.06. The number of carbonyl (C=O) groups excluding carboxylic acids is 3. The van der Waals surface area contributed by atoms with Crippen LogP contribution in [0.5, 0.6) is 0 Å². The maximum absolute atomic E-state index is 14.3. The largest absolute Gasteiger partial charge is 0.334 e. The number of fused-ring (bicyclic) bond motifs is 1. The van der Waals surface area contributed by atoms with Crippen molar-refractivity contribution in [3.8, 4) is 0 Å². The van der Waals surface area contributed by atoms with E-state index in [4.69, 9.17) is 0 Å². The Labute approximate surface area is 199 Å². The van der Waals surface area contributed by atoms with E-state index in [1.165, 1.54) is 13.0 Å². The third-order valence-corrected chi connectivity index (χ3v) is 6.62. The number of nitrogens with zero attached hydrogens (tertiary/aromatic N) is 2. The van der Waals surface area contributed by atoms with Gasteiger partial charge in [-0.25, -0.2) is 4.39 Å². The molecule has 2 atom stereocenters. The molecular weight excluding hydrogens is 435 g/mol. The van der Waals surface area contributed by atoms with Gasteiger partial charge in [0.05, 0.1) is 6.54 Å². The van der Waals surface area contributed by atoms with Gasteiger partial charge in [-0.15, -0.1) is 0 Å². The van der Waals surface area contributed by atoms with E-state index in [2.05, 4.69) is 15.5 Å². The highest BCUT2D eigenvalue weighted by Crippen LogP contribution is 2.31. The Morgan fingerprint density at radius 2 is 1.68 bits per heavy atom. The monoisotopic (exact) mass is 466 g/mol. The van der Waals surface area contributed by atoms with E-state index in [0.29, 0.717) is 29.9 Å². The fourth-order valence-corrected chi connectivity index (χ4v) is 5.03. The summed E-state index contributed by atoms with van der Waals surface area (Å²) in [5.74, 6) is -0.514. The van der Waals surface area contributed by atoms with Crippen molar-refractivity contribution in [3.05, 3.63) is 59.9 Å². The summed E-state index contributed by atoms with van der Waals surface area (Å²) in [7, 11) is 0. The number of likely N-dealkylation sites (tertiary alicyclic amines) is 2. The number of nitrogens with one attached hydrogen (secondary N) is 2. The molecule has 3 amide bonds. The highest BCUT2D eigenvalue weighted by atomic mass is 19.1. The molecule has 0 aliphatic carbocycles. The SMILES string of the molecule is CC(=O)Nc1ccc(NC(=O)CN2CC[C@H]3[C@H]2CCCCC(=O)N3Cc2ccccc2F)cc1. The molecule has 0 unspecified atom stereocenters. The van der Waals surface area contributed by atoms with Crippen molar-refractivity contribution in [1.82, 2.24) is 9.80 Å². The highest BCUT2D eigenvalue weighted by Gasteiger charge is 2.40. The number of amides is 3. The lowest BCUT2D eigenvalue weighted by Crippen LogP contribution is -2.49. The molecular formula is C26H31FN4O3. The van der Waals surface area contributed by atoms with Crippen molar-refractivity contribution in [1.29, 1.82) is 0 Å². The van der Waals surface area contributed by atoms with Crippen LogP contribution < -0.4 is 10.6 Å². The summed E-state index contributed by atoms with van der Waals surface area (Å²) >= 11 is 0. The summed E-state index contributed by atoms with van der Waals surface area (Å²) in [5, 5.41) is 5.62. The van der Waals surface area contributed by atoms with Crippen LogP contribution in [0.1, 0.15) is 44.6 Å². The minimum atomic E-state index is -0.298. The zero-order valence-electron chi connectivity index (χ0n) is 19.4. The number of hydrogen-bond donors (Lipinski definition) is 2. The van der Waals surface area contributed by atoms with Gasteiger partial charge in [-0.05, 0) is 49.6 Å². The second-order valence-corrected chi connectivity index (χ2v) is 9.06. The van der Waals surface area contributed by atoms with Gasteiger partial charge in [0, 0.05) is 55.5 Å². The summed E-state index contributed by atoms with van der Waals surface area (Å²) < 4.78 is 14.3. The summed E-state index contributed by atoms with van der Waals surface area (Å²) in [4.78, 5) is 40.9. The Morgan fingerprint density at radius 3 is 2.38 bits per heavy atom. The van der Waals surface area contributed by atoms with Gasteiger partial charge < -0.3 is 15.5 Å². The van der Waals surface area contributed by atoms with Gasteiger partial charge in [0.15, 0.2) is 0 Å². The average molecular weight is 467 g/mol. The fourth-order valence-electron chi connectivity index (χ4n) is 5.03. The van der Waals surface area contributed by atoms with E-state index in [1.807, 2.05) is 4.90 Å². The first kappa shape index (κ1) is 23.9. The number of carbonyl (C=O) groups is 3. The van der Waals surface area contributed by atoms with Crippen molar-refractivity contribution in [2.24, 2.45) is 0 Å². The van der Waals surface area contributed by atoms with Gasteiger partial charge in [-0.2, -0.15) is 0 Å². The number of benzene rings is 2. The normalized spacial score (nSPS) is 20.9. The van der Waals surface area contributed by atoms with Crippen LogP contribution in [0.15, 0.2) is 48.5 Å². The zero-order valence-corrected chi connectivity index (χ0v) is 19.4. The topological polar surface area (TPSA) is 81.8 Å². The first-order valence-corrected chi connectivity index (χ1v) is 11.8. The molecule has 2 N–H and O–H groups in total. The van der Waals surface area contributed by atoms with Crippen molar-refractivity contribution in [2.75, 3.05) is 23.7 Å². The molecule has 2 aromatic rings. The Bertz CT molecular complexity index is 1040. The lowest BCUT2D eigenvalue weighted by molar-refractivity contribution is -0.135. The van der Waals surface area contributed by atoms with E-state index >= 15 is 0 Å². The van der Waals surface area contributed by atoms with E-state index in [1.54, 1.807) is 42.5 Å². The van der Waals surface area contributed by atoms with Crippen LogP contribution in [0.4, 0.5) is 15.8 Å². The van der Waals surface area contributed by atoms with Gasteiger partial charge in [0.2, 0.25) is 17.7 Å². The molecule has 2 saturated heterocycles. The molecule has 2 aromatic carbocycles. The number of halogens is 1. The van der Waals surface area contributed by atoms with Crippen LogP contribution in [0.2, 0.25) is 0 Å². The minimum absolute atomic E-state index is 0.0304. The maximum Gasteiger partial charge on any atom is 0.238 e.